The fourth-order valence-corrected chi connectivity index (χ4v) is 7.84. The Hall–Kier alpha value is -3.45. The van der Waals surface area contributed by atoms with Crippen LogP contribution >= 0.6 is 0 Å². The first-order chi connectivity index (χ1) is 19.6. The lowest BCUT2D eigenvalue weighted by molar-refractivity contribution is -0.144. The van der Waals surface area contributed by atoms with Gasteiger partial charge in [-0.1, -0.05) is 75.2 Å². The number of rotatable bonds is 6. The van der Waals surface area contributed by atoms with Gasteiger partial charge in [-0.2, -0.15) is 0 Å². The van der Waals surface area contributed by atoms with Crippen LogP contribution in [0, 0.1) is 37.5 Å². The molecule has 6 rings (SSSR count). The Morgan fingerprint density at radius 2 is 1.73 bits per heavy atom. The molecule has 0 unspecified atom stereocenters. The second kappa shape index (κ2) is 10.4. The quantitative estimate of drug-likeness (QED) is 0.486. The van der Waals surface area contributed by atoms with Crippen LogP contribution in [0.3, 0.4) is 0 Å². The number of carbonyl (C=O) groups is 3. The first-order valence-corrected chi connectivity index (χ1v) is 15.0. The van der Waals surface area contributed by atoms with Crippen LogP contribution in [0.5, 0.6) is 0 Å². The first kappa shape index (κ1) is 27.7. The Morgan fingerprint density at radius 1 is 1.02 bits per heavy atom. The second-order valence-electron chi connectivity index (χ2n) is 12.8. The second-order valence-corrected chi connectivity index (χ2v) is 12.8. The number of ether oxygens (including phenoxy) is 1. The molecule has 0 radical (unpaired) electrons. The largest absolute Gasteiger partial charge is 0.359 e. The topological polar surface area (TPSA) is 87.7 Å². The fraction of sp³-hybridized carbons (Fsp3) is 0.500. The zero-order valence-corrected chi connectivity index (χ0v) is 24.6. The van der Waals surface area contributed by atoms with Crippen LogP contribution in [0.25, 0.3) is 0 Å². The number of carbonyl (C=O) groups excluding carboxylic acids is 3. The molecule has 4 aliphatic rings. The molecule has 2 bridgehead atoms. The third-order valence-electron chi connectivity index (χ3n) is 10.1. The number of likely N-dealkylation sites (tertiary alicyclic amines) is 1. The average Bonchev–Trinajstić information content (AvgIpc) is 3.58. The zero-order valence-electron chi connectivity index (χ0n) is 24.6. The predicted octanol–water partition coefficient (Wildman–Crippen LogP) is 5.09. The smallest absolute Gasteiger partial charge is 0.246 e. The molecule has 3 fully saturated rings. The standard InChI is InChI=1S/C34H41N3O4/c1-19-16-20(2)18-25(17-19)35-31(38)28-27-14-15-34(41-27)29(28)33(40)37(23(5)24-11-7-6-8-12-24)30(34)32(39)36-26-13-9-10-21(3)22(26)4/h6-8,11-12,14-18,21-23,26-30H,9-10,13H2,1-5H3,(H,35,38)(H,36,39)/t21-,22+,23-,26+,27-,28+,29-,30-,34-/m0/s1. The van der Waals surface area contributed by atoms with E-state index in [0.29, 0.717) is 17.5 Å². The zero-order chi connectivity index (χ0) is 29.1. The van der Waals surface area contributed by atoms with Gasteiger partial charge in [0.25, 0.3) is 0 Å². The minimum absolute atomic E-state index is 0.0388. The SMILES string of the molecule is Cc1cc(C)cc(NC(=O)[C@@H]2[C@@H]3C=C[C@]4(O3)[C@@H]2C(=O)N([C@@H](C)c2ccccc2)[C@H]4C(=O)N[C@@H]2CCC[C@H](C)[C@H]2C)c1. The van der Waals surface area contributed by atoms with Crippen molar-refractivity contribution in [1.82, 2.24) is 10.2 Å². The number of fused-ring (bicyclic) bond motifs is 1. The highest BCUT2D eigenvalue weighted by Crippen LogP contribution is 2.56. The molecular formula is C34H41N3O4. The molecule has 0 aromatic heterocycles. The van der Waals surface area contributed by atoms with Crippen LogP contribution in [0.4, 0.5) is 5.69 Å². The summed E-state index contributed by atoms with van der Waals surface area (Å²) in [7, 11) is 0. The summed E-state index contributed by atoms with van der Waals surface area (Å²) in [6, 6.07) is 14.4. The first-order valence-electron chi connectivity index (χ1n) is 15.0. The molecule has 7 nitrogen and oxygen atoms in total. The van der Waals surface area contributed by atoms with Gasteiger partial charge in [0.15, 0.2) is 0 Å². The maximum Gasteiger partial charge on any atom is 0.246 e. The van der Waals surface area contributed by atoms with E-state index in [1.165, 1.54) is 0 Å². The summed E-state index contributed by atoms with van der Waals surface area (Å²) >= 11 is 0. The lowest BCUT2D eigenvalue weighted by atomic mass is 9.73. The lowest BCUT2D eigenvalue weighted by Gasteiger charge is -2.39. The van der Waals surface area contributed by atoms with E-state index < -0.39 is 29.6 Å². The van der Waals surface area contributed by atoms with E-state index in [2.05, 4.69) is 30.5 Å². The molecule has 41 heavy (non-hydrogen) atoms. The van der Waals surface area contributed by atoms with Crippen molar-refractivity contribution in [2.45, 2.75) is 83.7 Å². The van der Waals surface area contributed by atoms with Crippen LogP contribution in [0.15, 0.2) is 60.7 Å². The molecule has 2 saturated heterocycles. The molecule has 1 aliphatic carbocycles. The van der Waals surface area contributed by atoms with E-state index in [1.807, 2.05) is 75.4 Å². The van der Waals surface area contributed by atoms with Crippen LogP contribution in [-0.2, 0) is 19.1 Å². The number of hydrogen-bond acceptors (Lipinski definition) is 4. The Bertz CT molecular complexity index is 1370. The molecule has 3 aliphatic heterocycles. The van der Waals surface area contributed by atoms with Gasteiger partial charge in [0, 0.05) is 11.7 Å². The average molecular weight is 556 g/mol. The van der Waals surface area contributed by atoms with Crippen LogP contribution in [0.2, 0.25) is 0 Å². The summed E-state index contributed by atoms with van der Waals surface area (Å²) in [5, 5.41) is 6.39. The summed E-state index contributed by atoms with van der Waals surface area (Å²) in [6.45, 7) is 10.4. The van der Waals surface area contributed by atoms with Crippen molar-refractivity contribution < 1.29 is 19.1 Å². The monoisotopic (exact) mass is 555 g/mol. The Morgan fingerprint density at radius 3 is 2.44 bits per heavy atom. The van der Waals surface area contributed by atoms with E-state index >= 15 is 0 Å². The van der Waals surface area contributed by atoms with Crippen molar-refractivity contribution in [2.24, 2.45) is 23.7 Å². The van der Waals surface area contributed by atoms with Gasteiger partial charge in [0.1, 0.15) is 11.6 Å². The maximum atomic E-state index is 14.4. The van der Waals surface area contributed by atoms with Crippen LogP contribution in [-0.4, -0.2) is 46.4 Å². The Balaban J connectivity index is 1.35. The summed E-state index contributed by atoms with van der Waals surface area (Å²) < 4.78 is 6.57. The van der Waals surface area contributed by atoms with Gasteiger partial charge in [0.05, 0.1) is 24.0 Å². The van der Waals surface area contributed by atoms with Gasteiger partial charge >= 0.3 is 0 Å². The highest BCUT2D eigenvalue weighted by Gasteiger charge is 2.73. The number of aryl methyl sites for hydroxylation is 2. The normalized spacial score (nSPS) is 34.4. The number of amides is 3. The fourth-order valence-electron chi connectivity index (χ4n) is 7.84. The summed E-state index contributed by atoms with van der Waals surface area (Å²) in [6.07, 6.45) is 6.34. The van der Waals surface area contributed by atoms with E-state index in [4.69, 9.17) is 4.74 Å². The number of nitrogens with zero attached hydrogens (tertiary/aromatic N) is 1. The molecule has 3 amide bonds. The van der Waals surface area contributed by atoms with E-state index in [1.54, 1.807) is 4.90 Å². The van der Waals surface area contributed by atoms with Crippen molar-refractivity contribution in [3.05, 3.63) is 77.4 Å². The number of anilines is 1. The van der Waals surface area contributed by atoms with Crippen molar-refractivity contribution in [3.8, 4) is 0 Å². The van der Waals surface area contributed by atoms with Gasteiger partial charge in [-0.05, 0) is 67.9 Å². The molecule has 9 atom stereocenters. The summed E-state index contributed by atoms with van der Waals surface area (Å²) in [4.78, 5) is 44.3. The third kappa shape index (κ3) is 4.58. The Kier molecular flexibility index (Phi) is 7.05. The Labute approximate surface area is 242 Å². The molecule has 3 heterocycles. The summed E-state index contributed by atoms with van der Waals surface area (Å²) in [5.74, 6) is -1.33. The van der Waals surface area contributed by atoms with Gasteiger partial charge in [-0.3, -0.25) is 14.4 Å². The number of hydrogen-bond donors (Lipinski definition) is 2. The lowest BCUT2D eigenvalue weighted by Crippen LogP contribution is -2.58. The van der Waals surface area contributed by atoms with Gasteiger partial charge in [-0.15, -0.1) is 0 Å². The van der Waals surface area contributed by atoms with E-state index in [9.17, 15) is 14.4 Å². The molecule has 2 N–H and O–H groups in total. The predicted molar refractivity (Wildman–Crippen MR) is 158 cm³/mol. The molecule has 1 spiro atoms. The molecular weight excluding hydrogens is 514 g/mol. The molecule has 2 aromatic carbocycles. The third-order valence-corrected chi connectivity index (χ3v) is 10.1. The highest BCUT2D eigenvalue weighted by atomic mass is 16.5. The molecule has 1 saturated carbocycles. The maximum absolute atomic E-state index is 14.4. The van der Waals surface area contributed by atoms with Crippen molar-refractivity contribution in [2.75, 3.05) is 5.32 Å². The summed E-state index contributed by atoms with van der Waals surface area (Å²) in [5.41, 5.74) is 2.53. The molecule has 2 aromatic rings. The van der Waals surface area contributed by atoms with E-state index in [-0.39, 0.29) is 29.8 Å². The van der Waals surface area contributed by atoms with Crippen molar-refractivity contribution in [1.29, 1.82) is 0 Å². The highest BCUT2D eigenvalue weighted by molar-refractivity contribution is 6.03. The van der Waals surface area contributed by atoms with Crippen molar-refractivity contribution >= 4 is 23.4 Å². The van der Waals surface area contributed by atoms with Crippen LogP contribution in [0.1, 0.15) is 62.8 Å². The van der Waals surface area contributed by atoms with Gasteiger partial charge < -0.3 is 20.3 Å². The molecule has 216 valence electrons. The minimum atomic E-state index is -1.19. The van der Waals surface area contributed by atoms with Gasteiger partial charge in [0.2, 0.25) is 17.7 Å². The van der Waals surface area contributed by atoms with Crippen LogP contribution < -0.4 is 10.6 Å². The van der Waals surface area contributed by atoms with Crippen molar-refractivity contribution in [3.63, 3.8) is 0 Å². The van der Waals surface area contributed by atoms with E-state index in [0.717, 1.165) is 36.0 Å². The minimum Gasteiger partial charge on any atom is -0.359 e. The number of benzene rings is 2. The number of nitrogens with one attached hydrogen (secondary N) is 2. The van der Waals surface area contributed by atoms with Gasteiger partial charge in [-0.25, -0.2) is 0 Å². The molecule has 7 heteroatoms.